The molecule has 0 aromatic carbocycles. The van der Waals surface area contributed by atoms with Crippen molar-refractivity contribution in [1.82, 2.24) is 0 Å². The standard InChI is InChI=1S/C54H88O23/c1-22-31(59)34(62)37(65)45(70-22)76-42-36(64)33(61)26(20-56)72-47(42)74-40-39(67)41(44(68)69)75-48(43(40)77-46-38(66)35(63)32(60)25(19-55)71-46)73-30-12-13-51(6)27(50(30,4)5)11-14-52(7)28(51)10-9-23-24-17-49(2,3)15-16-54(24,21-57)29(58)18-53(23,52)8/h9,22,24-43,45-48,55-67H,10-21H2,1-8H3,(H,68,69)/t22-,24+,25+,26+,27-,28+,29+,30-,31-,32+,33-,34+,35-,36-,37+,38+,39-,40-,41-,42+,43+,45-,46-,47-,48+,51-,52+,53+,54+/m0/s1. The zero-order valence-corrected chi connectivity index (χ0v) is 45.4. The van der Waals surface area contributed by atoms with E-state index in [0.717, 1.165) is 38.5 Å². The van der Waals surface area contributed by atoms with Gasteiger partial charge >= 0.3 is 5.97 Å². The van der Waals surface area contributed by atoms with Gasteiger partial charge in [-0.2, -0.15) is 0 Å². The first-order valence-electron chi connectivity index (χ1n) is 27.8. The van der Waals surface area contributed by atoms with Gasteiger partial charge in [-0.3, -0.25) is 0 Å². The minimum absolute atomic E-state index is 0.0121. The molecule has 0 amide bonds. The summed E-state index contributed by atoms with van der Waals surface area (Å²) < 4.78 is 49.0. The molecule has 9 aliphatic rings. The van der Waals surface area contributed by atoms with Crippen LogP contribution in [0.3, 0.4) is 0 Å². The van der Waals surface area contributed by atoms with E-state index in [0.29, 0.717) is 19.3 Å². The molecule has 4 aliphatic heterocycles. The Hall–Kier alpha value is -1.63. The lowest BCUT2D eigenvalue weighted by Crippen LogP contribution is -2.69. The molecule has 0 aromatic heterocycles. The molecule has 77 heavy (non-hydrogen) atoms. The zero-order chi connectivity index (χ0) is 56.4. The summed E-state index contributed by atoms with van der Waals surface area (Å²) in [6.07, 6.45) is -29.7. The molecule has 0 spiro atoms. The monoisotopic (exact) mass is 1100 g/mol. The summed E-state index contributed by atoms with van der Waals surface area (Å²) >= 11 is 0. The van der Waals surface area contributed by atoms with Crippen LogP contribution in [0, 0.1) is 50.2 Å². The Bertz CT molecular complexity index is 2130. The maximum atomic E-state index is 13.1. The van der Waals surface area contributed by atoms with E-state index in [1.165, 1.54) is 12.5 Å². The molecule has 23 heteroatoms. The van der Waals surface area contributed by atoms with Crippen molar-refractivity contribution in [3.63, 3.8) is 0 Å². The van der Waals surface area contributed by atoms with Gasteiger partial charge in [0.05, 0.1) is 38.1 Å². The predicted molar refractivity (Wildman–Crippen MR) is 263 cm³/mol. The average Bonchev–Trinajstić information content (AvgIpc) is 3.55. The number of hydrogen-bond donors (Lipinski definition) is 14. The van der Waals surface area contributed by atoms with Crippen molar-refractivity contribution in [2.24, 2.45) is 50.2 Å². The SMILES string of the molecule is C[C@@H]1O[C@@H](O[C@H]2[C@H](O[C@H]3[C@H](O)[C@@H](C(=O)O)O[C@@H](O[C@H]4CC[C@]5(C)[C@H]6CC=C7[C@H]8CC(C)(C)CC[C@]8(CO)[C@H](O)C[C@@]7(C)[C@]6(C)CC[C@H]5C4(C)C)[C@@H]3O[C@@H]3O[C@H](CO)[C@@H](O)[C@H](O)[C@H]3O)O[C@H](CO)[C@H](O)[C@@H]2O)[C@H](O)[C@H](O)[C@H]1O. The van der Waals surface area contributed by atoms with Crippen molar-refractivity contribution in [3.8, 4) is 0 Å². The fourth-order valence-electron chi connectivity index (χ4n) is 16.6. The van der Waals surface area contributed by atoms with E-state index >= 15 is 0 Å². The highest BCUT2D eigenvalue weighted by molar-refractivity contribution is 5.73. The summed E-state index contributed by atoms with van der Waals surface area (Å²) in [5.74, 6) is -1.51. The lowest BCUT2D eigenvalue weighted by Gasteiger charge is -2.72. The minimum Gasteiger partial charge on any atom is -0.479 e. The number of rotatable bonds is 12. The van der Waals surface area contributed by atoms with Gasteiger partial charge in [-0.05, 0) is 110 Å². The van der Waals surface area contributed by atoms with Gasteiger partial charge in [-0.15, -0.1) is 0 Å². The molecule has 0 aromatic rings. The molecule has 5 aliphatic carbocycles. The molecule has 0 radical (unpaired) electrons. The second kappa shape index (κ2) is 21.5. The number of fused-ring (bicyclic) bond motifs is 7. The van der Waals surface area contributed by atoms with Crippen molar-refractivity contribution in [2.45, 2.75) is 248 Å². The van der Waals surface area contributed by atoms with E-state index in [1.54, 1.807) is 0 Å². The van der Waals surface area contributed by atoms with Crippen molar-refractivity contribution in [2.75, 3.05) is 19.8 Å². The lowest BCUT2D eigenvalue weighted by molar-refractivity contribution is -0.406. The van der Waals surface area contributed by atoms with Crippen molar-refractivity contribution in [3.05, 3.63) is 11.6 Å². The van der Waals surface area contributed by atoms with Crippen molar-refractivity contribution < 1.29 is 114 Å². The molecule has 0 unspecified atom stereocenters. The molecule has 23 nitrogen and oxygen atoms in total. The summed E-state index contributed by atoms with van der Waals surface area (Å²) in [6, 6.07) is 0. The molecular weight excluding hydrogens is 1020 g/mol. The number of aliphatic hydroxyl groups is 13. The Labute approximate surface area is 449 Å². The Kier molecular flexibility index (Phi) is 16.8. The second-order valence-corrected chi connectivity index (χ2v) is 26.5. The third-order valence-corrected chi connectivity index (χ3v) is 21.5. The molecule has 8 fully saturated rings. The first-order chi connectivity index (χ1) is 36.0. The highest BCUT2D eigenvalue weighted by Gasteiger charge is 2.70. The molecule has 4 heterocycles. The summed E-state index contributed by atoms with van der Waals surface area (Å²) in [5.41, 5.74) is -0.808. The van der Waals surface area contributed by atoms with Crippen LogP contribution in [0.4, 0.5) is 0 Å². The molecule has 29 atom stereocenters. The second-order valence-electron chi connectivity index (χ2n) is 26.5. The highest BCUT2D eigenvalue weighted by atomic mass is 16.8. The Morgan fingerprint density at radius 1 is 0.584 bits per heavy atom. The predicted octanol–water partition coefficient (Wildman–Crippen LogP) is -1.47. The molecule has 14 N–H and O–H groups in total. The largest absolute Gasteiger partial charge is 0.479 e. The fourth-order valence-corrected chi connectivity index (χ4v) is 16.6. The van der Waals surface area contributed by atoms with Crippen LogP contribution in [0.25, 0.3) is 0 Å². The summed E-state index contributed by atoms with van der Waals surface area (Å²) in [5, 5.41) is 154. The van der Waals surface area contributed by atoms with Crippen LogP contribution in [0.15, 0.2) is 11.6 Å². The maximum absolute atomic E-state index is 13.1. The zero-order valence-electron chi connectivity index (χ0n) is 45.4. The number of aliphatic hydroxyl groups excluding tert-OH is 13. The van der Waals surface area contributed by atoms with Crippen LogP contribution in [0.5, 0.6) is 0 Å². The van der Waals surface area contributed by atoms with Gasteiger partial charge in [0, 0.05) is 5.41 Å². The smallest absolute Gasteiger partial charge is 0.335 e. The third-order valence-electron chi connectivity index (χ3n) is 21.5. The van der Waals surface area contributed by atoms with Crippen LogP contribution < -0.4 is 0 Å². The van der Waals surface area contributed by atoms with E-state index in [9.17, 15) is 76.3 Å². The van der Waals surface area contributed by atoms with E-state index in [4.69, 9.17) is 37.9 Å². The topological polar surface area (TPSA) is 374 Å². The number of carboxylic acid groups (broad SMARTS) is 1. The Balaban J connectivity index is 1.05. The highest BCUT2D eigenvalue weighted by Crippen LogP contribution is 2.76. The lowest BCUT2D eigenvalue weighted by atomic mass is 9.33. The number of carbonyl (C=O) groups is 1. The van der Waals surface area contributed by atoms with Gasteiger partial charge in [0.2, 0.25) is 0 Å². The summed E-state index contributed by atoms with van der Waals surface area (Å²) in [4.78, 5) is 13.1. The third kappa shape index (κ3) is 9.70. The Morgan fingerprint density at radius 3 is 1.78 bits per heavy atom. The van der Waals surface area contributed by atoms with Crippen molar-refractivity contribution >= 4 is 5.97 Å². The van der Waals surface area contributed by atoms with Crippen LogP contribution in [-0.4, -0.2) is 232 Å². The minimum atomic E-state index is -2.23. The van der Waals surface area contributed by atoms with Gasteiger partial charge in [0.15, 0.2) is 31.3 Å². The van der Waals surface area contributed by atoms with Crippen LogP contribution in [0.1, 0.15) is 113 Å². The van der Waals surface area contributed by atoms with Crippen LogP contribution in [0.2, 0.25) is 0 Å². The number of aliphatic carboxylic acids is 1. The molecule has 4 saturated heterocycles. The molecule has 9 rings (SSSR count). The summed E-state index contributed by atoms with van der Waals surface area (Å²) in [7, 11) is 0. The van der Waals surface area contributed by atoms with E-state index < -0.39 is 165 Å². The molecule has 442 valence electrons. The molecular formula is C54H88O23. The van der Waals surface area contributed by atoms with Gasteiger partial charge in [-0.1, -0.05) is 60.1 Å². The first-order valence-corrected chi connectivity index (χ1v) is 27.8. The van der Waals surface area contributed by atoms with Gasteiger partial charge in [0.25, 0.3) is 0 Å². The van der Waals surface area contributed by atoms with Gasteiger partial charge in [0.1, 0.15) is 85.5 Å². The number of ether oxygens (including phenoxy) is 8. The quantitative estimate of drug-likeness (QED) is 0.0783. The van der Waals surface area contributed by atoms with Crippen molar-refractivity contribution in [1.29, 1.82) is 0 Å². The number of allylic oxidation sites excluding steroid dienone is 2. The van der Waals surface area contributed by atoms with E-state index in [1.807, 2.05) is 0 Å². The van der Waals surface area contributed by atoms with E-state index in [2.05, 4.69) is 54.5 Å². The van der Waals surface area contributed by atoms with Crippen LogP contribution >= 0.6 is 0 Å². The summed E-state index contributed by atoms with van der Waals surface area (Å²) in [6.45, 7) is 15.3. The van der Waals surface area contributed by atoms with Crippen LogP contribution in [-0.2, 0) is 42.7 Å². The van der Waals surface area contributed by atoms with E-state index in [-0.39, 0.29) is 46.0 Å². The molecule has 0 bridgehead atoms. The Morgan fingerprint density at radius 2 is 1.16 bits per heavy atom. The molecule has 4 saturated carbocycles. The van der Waals surface area contributed by atoms with Gasteiger partial charge in [-0.25, -0.2) is 4.79 Å². The number of carboxylic acids is 1. The normalized spacial score (nSPS) is 54.5. The average molecular weight is 1110 g/mol. The maximum Gasteiger partial charge on any atom is 0.335 e. The van der Waals surface area contributed by atoms with Gasteiger partial charge < -0.3 is 109 Å². The number of hydrogen-bond acceptors (Lipinski definition) is 22. The fraction of sp³-hybridized carbons (Fsp3) is 0.944. The first kappa shape index (κ1) is 60.0.